The Morgan fingerprint density at radius 1 is 1.29 bits per heavy atom. The van der Waals surface area contributed by atoms with Crippen LogP contribution in [0.1, 0.15) is 40.2 Å². The molecule has 0 aliphatic rings. The molecule has 0 radical (unpaired) electrons. The zero-order chi connectivity index (χ0) is 13.6. The second-order valence-corrected chi connectivity index (χ2v) is 4.89. The molecule has 0 fully saturated rings. The zero-order valence-electron chi connectivity index (χ0n) is 11.4. The average molecular weight is 257 g/mol. The van der Waals surface area contributed by atoms with E-state index in [9.17, 15) is 4.79 Å². The number of halogens is 1. The highest BCUT2D eigenvalue weighted by molar-refractivity contribution is 6.29. The molecule has 1 rings (SSSR count). The van der Waals surface area contributed by atoms with Crippen molar-refractivity contribution in [1.82, 2.24) is 4.98 Å². The minimum atomic E-state index is -0.434. The highest BCUT2D eigenvalue weighted by Gasteiger charge is 2.22. The molecule has 0 saturated heterocycles. The Morgan fingerprint density at radius 2 is 1.82 bits per heavy atom. The molecule has 0 aliphatic heterocycles. The van der Waals surface area contributed by atoms with Crippen molar-refractivity contribution in [2.24, 2.45) is 5.41 Å². The molecule has 4 heteroatoms. The molecule has 0 bridgehead atoms. The zero-order valence-corrected chi connectivity index (χ0v) is 12.1. The third kappa shape index (κ3) is 5.18. The summed E-state index contributed by atoms with van der Waals surface area (Å²) in [6, 6.07) is 3.53. The van der Waals surface area contributed by atoms with Gasteiger partial charge in [-0.1, -0.05) is 52.3 Å². The summed E-state index contributed by atoms with van der Waals surface area (Å²) in [7, 11) is 0. The van der Waals surface area contributed by atoms with Gasteiger partial charge in [-0.15, -0.1) is 0 Å². The number of rotatable bonds is 1. The molecule has 0 atom stereocenters. The van der Waals surface area contributed by atoms with Crippen LogP contribution in [0.2, 0.25) is 5.15 Å². The molecule has 1 N–H and O–H groups in total. The Kier molecular flexibility index (Phi) is 6.18. The first kappa shape index (κ1) is 15.9. The number of carbonyl (C=O) groups is 1. The predicted octanol–water partition coefficient (Wildman–Crippen LogP) is 4.05. The second-order valence-electron chi connectivity index (χ2n) is 4.50. The Balaban J connectivity index is 0.00000121. The molecule has 0 saturated carbocycles. The van der Waals surface area contributed by atoms with Gasteiger partial charge in [0.25, 0.3) is 0 Å². The van der Waals surface area contributed by atoms with Crippen molar-refractivity contribution in [3.8, 4) is 0 Å². The lowest BCUT2D eigenvalue weighted by molar-refractivity contribution is -0.123. The Labute approximate surface area is 109 Å². The maximum absolute atomic E-state index is 11.7. The van der Waals surface area contributed by atoms with Crippen LogP contribution in [0.3, 0.4) is 0 Å². The highest BCUT2D eigenvalue weighted by Crippen LogP contribution is 2.19. The largest absolute Gasteiger partial charge is 0.310 e. The normalized spacial score (nSPS) is 10.3. The van der Waals surface area contributed by atoms with Crippen LogP contribution in [0.25, 0.3) is 0 Å². The minimum absolute atomic E-state index is 0.0691. The van der Waals surface area contributed by atoms with E-state index in [1.165, 1.54) is 0 Å². The van der Waals surface area contributed by atoms with E-state index >= 15 is 0 Å². The van der Waals surface area contributed by atoms with E-state index in [0.29, 0.717) is 11.0 Å². The Bertz CT molecular complexity index is 383. The van der Waals surface area contributed by atoms with Gasteiger partial charge in [-0.05, 0) is 18.6 Å². The first-order valence-corrected chi connectivity index (χ1v) is 6.13. The Hall–Kier alpha value is -1.09. The molecule has 0 aliphatic carbocycles. The summed E-state index contributed by atoms with van der Waals surface area (Å²) < 4.78 is 0. The monoisotopic (exact) mass is 256 g/mol. The number of hydrogen-bond acceptors (Lipinski definition) is 2. The minimum Gasteiger partial charge on any atom is -0.310 e. The summed E-state index contributed by atoms with van der Waals surface area (Å²) in [5.41, 5.74) is 0.466. The van der Waals surface area contributed by atoms with Crippen molar-refractivity contribution in [3.63, 3.8) is 0 Å². The standard InChI is InChI=1S/C11H15ClN2O.C2H6/c1-7-5-6-8(12)13-9(7)14-10(15)11(2,3)4;1-2/h5-6H,1-4H3,(H,13,14,15);1-2H3. The van der Waals surface area contributed by atoms with Crippen molar-refractivity contribution in [2.75, 3.05) is 5.32 Å². The van der Waals surface area contributed by atoms with Gasteiger partial charge in [0.05, 0.1) is 0 Å². The summed E-state index contributed by atoms with van der Waals surface area (Å²) in [4.78, 5) is 15.8. The molecule has 1 aromatic heterocycles. The third-order valence-corrected chi connectivity index (χ3v) is 2.19. The number of aryl methyl sites for hydroxylation is 1. The van der Waals surface area contributed by atoms with Crippen molar-refractivity contribution < 1.29 is 4.79 Å². The molecule has 1 heterocycles. The van der Waals surface area contributed by atoms with Crippen LogP contribution in [-0.4, -0.2) is 10.9 Å². The molecule has 3 nitrogen and oxygen atoms in total. The van der Waals surface area contributed by atoms with Crippen LogP contribution in [0.15, 0.2) is 12.1 Å². The number of nitrogens with zero attached hydrogens (tertiary/aromatic N) is 1. The smallest absolute Gasteiger partial charge is 0.230 e. The second kappa shape index (κ2) is 6.60. The SMILES string of the molecule is CC.Cc1ccc(Cl)nc1NC(=O)C(C)(C)C. The maximum Gasteiger partial charge on any atom is 0.230 e. The number of carbonyl (C=O) groups excluding carboxylic acids is 1. The molecular weight excluding hydrogens is 236 g/mol. The third-order valence-electron chi connectivity index (χ3n) is 1.98. The molecular formula is C13H21ClN2O. The van der Waals surface area contributed by atoms with Gasteiger partial charge < -0.3 is 5.32 Å². The number of hydrogen-bond donors (Lipinski definition) is 1. The molecule has 17 heavy (non-hydrogen) atoms. The van der Waals surface area contributed by atoms with Gasteiger partial charge in [0.2, 0.25) is 5.91 Å². The number of amides is 1. The van der Waals surface area contributed by atoms with Crippen LogP contribution in [0.5, 0.6) is 0 Å². The predicted molar refractivity (Wildman–Crippen MR) is 73.4 cm³/mol. The number of aromatic nitrogens is 1. The lowest BCUT2D eigenvalue weighted by Crippen LogP contribution is -2.28. The van der Waals surface area contributed by atoms with Gasteiger partial charge >= 0.3 is 0 Å². The maximum atomic E-state index is 11.7. The number of anilines is 1. The first-order chi connectivity index (χ1) is 7.80. The van der Waals surface area contributed by atoms with Gasteiger partial charge in [-0.25, -0.2) is 4.98 Å². The van der Waals surface area contributed by atoms with Gasteiger partial charge in [0, 0.05) is 5.41 Å². The Morgan fingerprint density at radius 3 is 2.29 bits per heavy atom. The van der Waals surface area contributed by atoms with E-state index < -0.39 is 5.41 Å². The number of pyridine rings is 1. The summed E-state index contributed by atoms with van der Waals surface area (Å²) in [5, 5.41) is 3.14. The average Bonchev–Trinajstić information content (AvgIpc) is 2.25. The van der Waals surface area contributed by atoms with Crippen molar-refractivity contribution in [3.05, 3.63) is 22.8 Å². The van der Waals surface area contributed by atoms with Crippen LogP contribution in [0.4, 0.5) is 5.82 Å². The highest BCUT2D eigenvalue weighted by atomic mass is 35.5. The fraction of sp³-hybridized carbons (Fsp3) is 0.538. The molecule has 0 unspecified atom stereocenters. The molecule has 0 aromatic carbocycles. The summed E-state index contributed by atoms with van der Waals surface area (Å²) >= 11 is 5.75. The molecule has 1 amide bonds. The fourth-order valence-electron chi connectivity index (χ4n) is 0.927. The fourth-order valence-corrected chi connectivity index (χ4v) is 1.07. The molecule has 0 spiro atoms. The van der Waals surface area contributed by atoms with Crippen molar-refractivity contribution >= 4 is 23.3 Å². The van der Waals surface area contributed by atoms with Crippen LogP contribution < -0.4 is 5.32 Å². The van der Waals surface area contributed by atoms with Crippen LogP contribution >= 0.6 is 11.6 Å². The van der Waals surface area contributed by atoms with E-state index in [-0.39, 0.29) is 5.91 Å². The van der Waals surface area contributed by atoms with Crippen LogP contribution in [-0.2, 0) is 4.79 Å². The van der Waals surface area contributed by atoms with Crippen LogP contribution in [0, 0.1) is 12.3 Å². The van der Waals surface area contributed by atoms with E-state index in [0.717, 1.165) is 5.56 Å². The topological polar surface area (TPSA) is 42.0 Å². The van der Waals surface area contributed by atoms with Gasteiger partial charge in [0.15, 0.2) is 0 Å². The summed E-state index contributed by atoms with van der Waals surface area (Å²) in [6.07, 6.45) is 0. The van der Waals surface area contributed by atoms with Crippen molar-refractivity contribution in [2.45, 2.75) is 41.5 Å². The van der Waals surface area contributed by atoms with E-state index in [1.807, 2.05) is 47.6 Å². The quantitative estimate of drug-likeness (QED) is 0.770. The number of nitrogens with one attached hydrogen (secondary N) is 1. The summed E-state index contributed by atoms with van der Waals surface area (Å²) in [5.74, 6) is 0.461. The summed E-state index contributed by atoms with van der Waals surface area (Å²) in [6.45, 7) is 11.4. The van der Waals surface area contributed by atoms with E-state index in [1.54, 1.807) is 6.07 Å². The lowest BCUT2D eigenvalue weighted by atomic mass is 9.96. The first-order valence-electron chi connectivity index (χ1n) is 5.75. The van der Waals surface area contributed by atoms with Crippen molar-refractivity contribution in [1.29, 1.82) is 0 Å². The molecule has 1 aromatic rings. The van der Waals surface area contributed by atoms with Gasteiger partial charge in [-0.3, -0.25) is 4.79 Å². The van der Waals surface area contributed by atoms with Gasteiger partial charge in [-0.2, -0.15) is 0 Å². The molecule has 96 valence electrons. The van der Waals surface area contributed by atoms with E-state index in [2.05, 4.69) is 10.3 Å². The lowest BCUT2D eigenvalue weighted by Gasteiger charge is -2.18. The van der Waals surface area contributed by atoms with Gasteiger partial charge in [0.1, 0.15) is 11.0 Å². The van der Waals surface area contributed by atoms with E-state index in [4.69, 9.17) is 11.6 Å².